The van der Waals surface area contributed by atoms with Gasteiger partial charge < -0.3 is 18.9 Å². The van der Waals surface area contributed by atoms with E-state index in [1.807, 2.05) is 6.92 Å². The first kappa shape index (κ1) is 18.7. The van der Waals surface area contributed by atoms with E-state index in [-0.39, 0.29) is 0 Å². The number of nitrogens with zero attached hydrogens (tertiary/aromatic N) is 4. The molecule has 0 atom stereocenters. The molecule has 28 heavy (non-hydrogen) atoms. The SMILES string of the molecule is Cc1noc(-c2cc3cc(Br)cc(I)c3nc2N2CCC3(CC2)OCCO3)n1. The van der Waals surface area contributed by atoms with Crippen molar-refractivity contribution in [2.75, 3.05) is 31.2 Å². The lowest BCUT2D eigenvalue weighted by Crippen LogP contribution is -2.45. The maximum absolute atomic E-state index is 5.87. The quantitative estimate of drug-likeness (QED) is 0.436. The third-order valence-electron chi connectivity index (χ3n) is 5.21. The van der Waals surface area contributed by atoms with Crippen LogP contribution in [0.4, 0.5) is 5.82 Å². The summed E-state index contributed by atoms with van der Waals surface area (Å²) in [5, 5.41) is 5.00. The Hall–Kier alpha value is -1.30. The van der Waals surface area contributed by atoms with Crippen molar-refractivity contribution in [2.45, 2.75) is 25.6 Å². The predicted molar refractivity (Wildman–Crippen MR) is 116 cm³/mol. The summed E-state index contributed by atoms with van der Waals surface area (Å²) in [5.41, 5.74) is 1.82. The number of hydrogen-bond donors (Lipinski definition) is 0. The molecule has 0 bridgehead atoms. The second kappa shape index (κ2) is 7.19. The van der Waals surface area contributed by atoms with Gasteiger partial charge in [-0.05, 0) is 47.7 Å². The lowest BCUT2D eigenvalue weighted by Gasteiger charge is -2.38. The lowest BCUT2D eigenvalue weighted by molar-refractivity contribution is -0.169. The summed E-state index contributed by atoms with van der Waals surface area (Å²) in [6, 6.07) is 6.22. The fourth-order valence-corrected chi connectivity index (χ4v) is 5.52. The molecule has 0 N–H and O–H groups in total. The van der Waals surface area contributed by atoms with Gasteiger partial charge in [0.05, 0.1) is 24.3 Å². The Morgan fingerprint density at radius 2 is 1.86 bits per heavy atom. The van der Waals surface area contributed by atoms with Gasteiger partial charge in [0.25, 0.3) is 5.89 Å². The Labute approximate surface area is 184 Å². The van der Waals surface area contributed by atoms with Crippen LogP contribution in [0.15, 0.2) is 27.2 Å². The highest BCUT2D eigenvalue weighted by Crippen LogP contribution is 2.38. The summed E-state index contributed by atoms with van der Waals surface area (Å²) in [6.45, 7) is 4.76. The molecule has 2 saturated heterocycles. The molecule has 0 unspecified atom stereocenters. The highest BCUT2D eigenvalue weighted by Gasteiger charge is 2.40. The van der Waals surface area contributed by atoms with Crippen molar-refractivity contribution in [2.24, 2.45) is 0 Å². The third kappa shape index (κ3) is 3.31. The van der Waals surface area contributed by atoms with Gasteiger partial charge in [-0.2, -0.15) is 4.98 Å². The monoisotopic (exact) mass is 556 g/mol. The number of aryl methyl sites for hydroxylation is 1. The average Bonchev–Trinajstić information content (AvgIpc) is 3.31. The summed E-state index contributed by atoms with van der Waals surface area (Å²) in [4.78, 5) is 11.7. The topological polar surface area (TPSA) is 73.5 Å². The van der Waals surface area contributed by atoms with Crippen molar-refractivity contribution in [3.63, 3.8) is 0 Å². The van der Waals surface area contributed by atoms with Crippen LogP contribution in [0.3, 0.4) is 0 Å². The van der Waals surface area contributed by atoms with E-state index >= 15 is 0 Å². The molecule has 0 saturated carbocycles. The minimum atomic E-state index is -0.423. The Morgan fingerprint density at radius 3 is 2.54 bits per heavy atom. The van der Waals surface area contributed by atoms with Gasteiger partial charge in [0, 0.05) is 39.4 Å². The third-order valence-corrected chi connectivity index (χ3v) is 6.49. The number of halogens is 2. The average molecular weight is 557 g/mol. The van der Waals surface area contributed by atoms with Crippen molar-refractivity contribution in [1.82, 2.24) is 15.1 Å². The zero-order chi connectivity index (χ0) is 19.3. The summed E-state index contributed by atoms with van der Waals surface area (Å²) < 4.78 is 19.3. The molecule has 5 rings (SSSR count). The maximum atomic E-state index is 5.87. The molecule has 4 heterocycles. The second-order valence-corrected chi connectivity index (χ2v) is 9.14. The zero-order valence-electron chi connectivity index (χ0n) is 15.2. The van der Waals surface area contributed by atoms with E-state index in [1.165, 1.54) is 0 Å². The van der Waals surface area contributed by atoms with Crippen LogP contribution in [0.5, 0.6) is 0 Å². The van der Waals surface area contributed by atoms with Crippen molar-refractivity contribution >= 4 is 55.2 Å². The van der Waals surface area contributed by atoms with E-state index in [4.69, 9.17) is 19.0 Å². The molecular formula is C19H18BrIN4O3. The van der Waals surface area contributed by atoms with Gasteiger partial charge in [-0.15, -0.1) is 0 Å². The van der Waals surface area contributed by atoms with Crippen LogP contribution in [0.1, 0.15) is 18.7 Å². The van der Waals surface area contributed by atoms with Crippen LogP contribution in [-0.2, 0) is 9.47 Å². The molecule has 2 aromatic heterocycles. The van der Waals surface area contributed by atoms with Gasteiger partial charge in [-0.3, -0.25) is 0 Å². The fraction of sp³-hybridized carbons (Fsp3) is 0.421. The highest BCUT2D eigenvalue weighted by molar-refractivity contribution is 14.1. The Kier molecular flexibility index (Phi) is 4.80. The van der Waals surface area contributed by atoms with E-state index in [1.54, 1.807) is 0 Å². The lowest BCUT2D eigenvalue weighted by atomic mass is 10.0. The fourth-order valence-electron chi connectivity index (χ4n) is 3.85. The number of hydrogen-bond acceptors (Lipinski definition) is 7. The number of ether oxygens (including phenoxy) is 2. The van der Waals surface area contributed by atoms with E-state index in [9.17, 15) is 0 Å². The normalized spacial score (nSPS) is 19.0. The number of piperidine rings is 1. The second-order valence-electron chi connectivity index (χ2n) is 7.06. The zero-order valence-corrected chi connectivity index (χ0v) is 19.0. The van der Waals surface area contributed by atoms with Crippen LogP contribution in [0.2, 0.25) is 0 Å². The Morgan fingerprint density at radius 1 is 1.11 bits per heavy atom. The number of fused-ring (bicyclic) bond motifs is 1. The number of anilines is 1. The molecule has 3 aromatic rings. The van der Waals surface area contributed by atoms with Crippen LogP contribution >= 0.6 is 38.5 Å². The number of pyridine rings is 1. The minimum Gasteiger partial charge on any atom is -0.356 e. The van der Waals surface area contributed by atoms with Crippen molar-refractivity contribution in [3.05, 3.63) is 32.1 Å². The van der Waals surface area contributed by atoms with Gasteiger partial charge in [-0.25, -0.2) is 4.98 Å². The number of benzene rings is 1. The van der Waals surface area contributed by atoms with Gasteiger partial charge >= 0.3 is 0 Å². The molecule has 0 aliphatic carbocycles. The first-order valence-electron chi connectivity index (χ1n) is 9.16. The molecule has 1 aromatic carbocycles. The van der Waals surface area contributed by atoms with Crippen molar-refractivity contribution < 1.29 is 14.0 Å². The Balaban J connectivity index is 1.60. The van der Waals surface area contributed by atoms with Crippen molar-refractivity contribution in [3.8, 4) is 11.5 Å². The number of aromatic nitrogens is 3. The first-order valence-corrected chi connectivity index (χ1v) is 11.0. The summed E-state index contributed by atoms with van der Waals surface area (Å²) in [7, 11) is 0. The van der Waals surface area contributed by atoms with Gasteiger partial charge in [0.15, 0.2) is 11.6 Å². The van der Waals surface area contributed by atoms with Gasteiger partial charge in [0.2, 0.25) is 0 Å². The van der Waals surface area contributed by atoms with Gasteiger partial charge in [0.1, 0.15) is 5.82 Å². The molecule has 146 valence electrons. The maximum Gasteiger partial charge on any atom is 0.261 e. The van der Waals surface area contributed by atoms with Crippen LogP contribution in [0, 0.1) is 10.5 Å². The van der Waals surface area contributed by atoms with Crippen molar-refractivity contribution in [1.29, 1.82) is 0 Å². The minimum absolute atomic E-state index is 0.423. The standard InChI is InChI=1S/C19H18BrIN4O3/c1-11-22-18(28-24-11)14-9-12-8-13(20)10-15(21)16(12)23-17(14)25-4-2-19(3-5-25)26-6-7-27-19/h8-10H,2-7H2,1H3. The molecular weight excluding hydrogens is 539 g/mol. The molecule has 2 aliphatic rings. The first-order chi connectivity index (χ1) is 13.5. The molecule has 9 heteroatoms. The Bertz CT molecular complexity index is 1040. The molecule has 0 amide bonds. The van der Waals surface area contributed by atoms with E-state index in [0.29, 0.717) is 24.9 Å². The number of rotatable bonds is 2. The molecule has 0 radical (unpaired) electrons. The van der Waals surface area contributed by atoms with Crippen LogP contribution in [0.25, 0.3) is 22.4 Å². The summed E-state index contributed by atoms with van der Waals surface area (Å²) in [5.74, 6) is 1.54. The van der Waals surface area contributed by atoms with Crippen LogP contribution < -0.4 is 4.90 Å². The summed E-state index contributed by atoms with van der Waals surface area (Å²) in [6.07, 6.45) is 1.62. The van der Waals surface area contributed by atoms with E-state index < -0.39 is 5.79 Å². The highest BCUT2D eigenvalue weighted by atomic mass is 127. The molecule has 2 fully saturated rings. The van der Waals surface area contributed by atoms with Crippen LogP contribution in [-0.4, -0.2) is 47.2 Å². The molecule has 2 aliphatic heterocycles. The summed E-state index contributed by atoms with van der Waals surface area (Å²) >= 11 is 5.90. The van der Waals surface area contributed by atoms with E-state index in [2.05, 4.69) is 71.8 Å². The smallest absolute Gasteiger partial charge is 0.261 e. The molecule has 1 spiro atoms. The molecule has 7 nitrogen and oxygen atoms in total. The van der Waals surface area contributed by atoms with Gasteiger partial charge in [-0.1, -0.05) is 21.1 Å². The predicted octanol–water partition coefficient (Wildman–Crippen LogP) is 4.30. The van der Waals surface area contributed by atoms with E-state index in [0.717, 1.165) is 56.3 Å². The largest absolute Gasteiger partial charge is 0.356 e.